The summed E-state index contributed by atoms with van der Waals surface area (Å²) in [4.78, 5) is 2.26. The number of nitrogen functional groups attached to an aromatic ring is 1. The van der Waals surface area contributed by atoms with Gasteiger partial charge in [0.05, 0.1) is 16.4 Å². The maximum atomic E-state index is 6.36. The number of fused-ring (bicyclic) bond motifs is 1. The molecular formula is C16H17ClN2. The monoisotopic (exact) mass is 272 g/mol. The van der Waals surface area contributed by atoms with Gasteiger partial charge in [0, 0.05) is 12.2 Å². The maximum absolute atomic E-state index is 6.36. The first kappa shape index (κ1) is 12.4. The zero-order valence-electron chi connectivity index (χ0n) is 10.8. The van der Waals surface area contributed by atoms with Gasteiger partial charge in [0.25, 0.3) is 0 Å². The van der Waals surface area contributed by atoms with Crippen molar-refractivity contribution < 1.29 is 0 Å². The third kappa shape index (κ3) is 2.28. The molecular weight excluding hydrogens is 256 g/mol. The van der Waals surface area contributed by atoms with Crippen molar-refractivity contribution in [3.63, 3.8) is 0 Å². The van der Waals surface area contributed by atoms with Crippen molar-refractivity contribution in [2.24, 2.45) is 0 Å². The van der Waals surface area contributed by atoms with Crippen molar-refractivity contribution in [2.45, 2.75) is 19.3 Å². The zero-order chi connectivity index (χ0) is 13.2. The van der Waals surface area contributed by atoms with Gasteiger partial charge in [-0.2, -0.15) is 0 Å². The van der Waals surface area contributed by atoms with Gasteiger partial charge in [-0.1, -0.05) is 35.9 Å². The van der Waals surface area contributed by atoms with E-state index < -0.39 is 0 Å². The molecule has 0 aromatic heterocycles. The van der Waals surface area contributed by atoms with Crippen molar-refractivity contribution in [1.29, 1.82) is 0 Å². The highest BCUT2D eigenvalue weighted by atomic mass is 35.5. The molecule has 3 heteroatoms. The summed E-state index contributed by atoms with van der Waals surface area (Å²) in [5.74, 6) is 0. The summed E-state index contributed by atoms with van der Waals surface area (Å²) in [6.45, 7) is 0.963. The molecule has 0 aliphatic carbocycles. The predicted molar refractivity (Wildman–Crippen MR) is 82.3 cm³/mol. The SMILES string of the molecule is Nc1cccc(Cl)c1N1CCCCc2ccccc21. The first-order valence-corrected chi connectivity index (χ1v) is 7.04. The number of aryl methyl sites for hydroxylation is 1. The molecule has 2 nitrogen and oxygen atoms in total. The second-order valence-electron chi connectivity index (χ2n) is 4.92. The highest BCUT2D eigenvalue weighted by molar-refractivity contribution is 6.34. The van der Waals surface area contributed by atoms with Crippen LogP contribution in [0, 0.1) is 0 Å². The molecule has 0 unspecified atom stereocenters. The molecule has 2 aromatic rings. The minimum atomic E-state index is 0.719. The standard InChI is InChI=1S/C16H17ClN2/c17-13-8-5-9-14(18)16(13)19-11-4-3-7-12-6-1-2-10-15(12)19/h1-2,5-6,8-10H,3-4,7,11,18H2. The highest BCUT2D eigenvalue weighted by Crippen LogP contribution is 2.39. The fourth-order valence-electron chi connectivity index (χ4n) is 2.74. The van der Waals surface area contributed by atoms with Crippen LogP contribution in [0.3, 0.4) is 0 Å². The van der Waals surface area contributed by atoms with Crippen LogP contribution >= 0.6 is 11.6 Å². The van der Waals surface area contributed by atoms with Crippen LogP contribution in [0.2, 0.25) is 5.02 Å². The molecule has 1 aliphatic heterocycles. The molecule has 2 aromatic carbocycles. The number of benzene rings is 2. The second-order valence-corrected chi connectivity index (χ2v) is 5.32. The van der Waals surface area contributed by atoms with E-state index in [1.54, 1.807) is 0 Å². The van der Waals surface area contributed by atoms with Crippen LogP contribution in [0.5, 0.6) is 0 Å². The van der Waals surface area contributed by atoms with Crippen molar-refractivity contribution in [1.82, 2.24) is 0 Å². The lowest BCUT2D eigenvalue weighted by atomic mass is 10.1. The van der Waals surface area contributed by atoms with E-state index in [-0.39, 0.29) is 0 Å². The first-order valence-electron chi connectivity index (χ1n) is 6.67. The molecule has 0 radical (unpaired) electrons. The van der Waals surface area contributed by atoms with E-state index in [4.69, 9.17) is 17.3 Å². The van der Waals surface area contributed by atoms with E-state index in [1.807, 2.05) is 18.2 Å². The Bertz CT molecular complexity index is 575. The predicted octanol–water partition coefficient (Wildman–Crippen LogP) is 4.40. The van der Waals surface area contributed by atoms with E-state index >= 15 is 0 Å². The number of hydrogen-bond acceptors (Lipinski definition) is 2. The van der Waals surface area contributed by atoms with Crippen LogP contribution in [-0.4, -0.2) is 6.54 Å². The van der Waals surface area contributed by atoms with Crippen molar-refractivity contribution in [3.8, 4) is 0 Å². The van der Waals surface area contributed by atoms with E-state index in [0.29, 0.717) is 0 Å². The molecule has 0 atom stereocenters. The van der Waals surface area contributed by atoms with Gasteiger partial charge < -0.3 is 10.6 Å². The summed E-state index contributed by atoms with van der Waals surface area (Å²) in [5, 5.41) is 0.719. The topological polar surface area (TPSA) is 29.3 Å². The van der Waals surface area contributed by atoms with Gasteiger partial charge >= 0.3 is 0 Å². The van der Waals surface area contributed by atoms with Gasteiger partial charge in [-0.15, -0.1) is 0 Å². The fraction of sp³-hybridized carbons (Fsp3) is 0.250. The summed E-state index contributed by atoms with van der Waals surface area (Å²) in [6, 6.07) is 14.2. The molecule has 0 bridgehead atoms. The van der Waals surface area contributed by atoms with Crippen LogP contribution in [0.4, 0.5) is 17.1 Å². The molecule has 0 saturated carbocycles. The van der Waals surface area contributed by atoms with E-state index in [0.717, 1.165) is 35.8 Å². The van der Waals surface area contributed by atoms with Crippen molar-refractivity contribution >= 4 is 28.7 Å². The van der Waals surface area contributed by atoms with Crippen molar-refractivity contribution in [3.05, 3.63) is 53.1 Å². The van der Waals surface area contributed by atoms with Crippen LogP contribution in [0.1, 0.15) is 18.4 Å². The Morgan fingerprint density at radius 2 is 1.84 bits per heavy atom. The third-order valence-corrected chi connectivity index (χ3v) is 3.95. The number of nitrogens with zero attached hydrogens (tertiary/aromatic N) is 1. The Kier molecular flexibility index (Phi) is 3.34. The zero-order valence-corrected chi connectivity index (χ0v) is 11.5. The molecule has 0 saturated heterocycles. The van der Waals surface area contributed by atoms with Crippen LogP contribution < -0.4 is 10.6 Å². The van der Waals surface area contributed by atoms with Gasteiger partial charge in [0.1, 0.15) is 0 Å². The van der Waals surface area contributed by atoms with Gasteiger partial charge in [-0.05, 0) is 43.0 Å². The summed E-state index contributed by atoms with van der Waals surface area (Å²) in [5.41, 5.74) is 10.4. The lowest BCUT2D eigenvalue weighted by Gasteiger charge is -2.27. The van der Waals surface area contributed by atoms with E-state index in [2.05, 4.69) is 29.2 Å². The molecule has 1 heterocycles. The number of halogens is 1. The molecule has 0 fully saturated rings. The Morgan fingerprint density at radius 3 is 2.68 bits per heavy atom. The minimum Gasteiger partial charge on any atom is -0.397 e. The quantitative estimate of drug-likeness (QED) is 0.780. The van der Waals surface area contributed by atoms with Crippen LogP contribution in [-0.2, 0) is 6.42 Å². The number of anilines is 3. The fourth-order valence-corrected chi connectivity index (χ4v) is 3.02. The number of nitrogens with two attached hydrogens (primary N) is 1. The molecule has 2 N–H and O–H groups in total. The summed E-state index contributed by atoms with van der Waals surface area (Å²) >= 11 is 6.36. The van der Waals surface area contributed by atoms with E-state index in [1.165, 1.54) is 17.7 Å². The normalized spacial score (nSPS) is 14.9. The van der Waals surface area contributed by atoms with Gasteiger partial charge in [0.15, 0.2) is 0 Å². The average Bonchev–Trinajstić information content (AvgIpc) is 2.62. The second kappa shape index (κ2) is 5.14. The lowest BCUT2D eigenvalue weighted by molar-refractivity contribution is 0.761. The van der Waals surface area contributed by atoms with Crippen molar-refractivity contribution in [2.75, 3.05) is 17.2 Å². The Labute approximate surface area is 118 Å². The first-order chi connectivity index (χ1) is 9.27. The highest BCUT2D eigenvalue weighted by Gasteiger charge is 2.20. The van der Waals surface area contributed by atoms with Crippen LogP contribution in [0.25, 0.3) is 0 Å². The molecule has 0 amide bonds. The molecule has 1 aliphatic rings. The van der Waals surface area contributed by atoms with Crippen LogP contribution in [0.15, 0.2) is 42.5 Å². The smallest absolute Gasteiger partial charge is 0.0833 e. The molecule has 98 valence electrons. The molecule has 19 heavy (non-hydrogen) atoms. The summed E-state index contributed by atoms with van der Waals surface area (Å²) in [7, 11) is 0. The van der Waals surface area contributed by atoms with Gasteiger partial charge in [-0.3, -0.25) is 0 Å². The number of para-hydroxylation sites is 2. The minimum absolute atomic E-state index is 0.719. The van der Waals surface area contributed by atoms with E-state index in [9.17, 15) is 0 Å². The summed E-state index contributed by atoms with van der Waals surface area (Å²) in [6.07, 6.45) is 3.48. The average molecular weight is 273 g/mol. The Hall–Kier alpha value is -1.67. The third-order valence-electron chi connectivity index (χ3n) is 3.65. The number of rotatable bonds is 1. The Morgan fingerprint density at radius 1 is 1.00 bits per heavy atom. The maximum Gasteiger partial charge on any atom is 0.0833 e. The molecule has 0 spiro atoms. The summed E-state index contributed by atoms with van der Waals surface area (Å²) < 4.78 is 0. The van der Waals surface area contributed by atoms with Gasteiger partial charge in [0.2, 0.25) is 0 Å². The Balaban J connectivity index is 2.15. The molecule has 3 rings (SSSR count). The number of hydrogen-bond donors (Lipinski definition) is 1. The largest absolute Gasteiger partial charge is 0.397 e. The lowest BCUT2D eigenvalue weighted by Crippen LogP contribution is -2.19. The van der Waals surface area contributed by atoms with Gasteiger partial charge in [-0.25, -0.2) is 0 Å².